The lowest BCUT2D eigenvalue weighted by Crippen LogP contribution is -2.27. The van der Waals surface area contributed by atoms with Crippen LogP contribution < -0.4 is 0 Å². The molecule has 1 aliphatic heterocycles. The van der Waals surface area contributed by atoms with Crippen molar-refractivity contribution in [2.75, 3.05) is 19.8 Å². The highest BCUT2D eigenvalue weighted by atomic mass is 32.1. The number of aryl methyl sites for hydroxylation is 1. The molecule has 1 fully saturated rings. The van der Waals surface area contributed by atoms with Crippen LogP contribution in [0.5, 0.6) is 0 Å². The van der Waals surface area contributed by atoms with Crippen molar-refractivity contribution in [2.24, 2.45) is 0 Å². The van der Waals surface area contributed by atoms with Crippen molar-refractivity contribution in [1.82, 2.24) is 0 Å². The molecule has 0 aliphatic carbocycles. The molecule has 22 heavy (non-hydrogen) atoms. The number of hydrogen-bond acceptors (Lipinski definition) is 5. The molecular weight excluding hydrogens is 300 g/mol. The molecule has 2 rings (SSSR count). The Kier molecular flexibility index (Phi) is 6.86. The number of carbonyl (C=O) groups excluding carboxylic acids is 1. The Morgan fingerprint density at radius 2 is 2.09 bits per heavy atom. The third-order valence-corrected chi connectivity index (χ3v) is 4.77. The molecule has 1 aromatic rings. The van der Waals surface area contributed by atoms with Crippen LogP contribution in [-0.4, -0.2) is 31.4 Å². The zero-order chi connectivity index (χ0) is 15.8. The fraction of sp³-hybridized carbons (Fsp3) is 0.706. The second-order valence-electron chi connectivity index (χ2n) is 5.73. The third-order valence-electron chi connectivity index (χ3n) is 3.80. The van der Waals surface area contributed by atoms with Gasteiger partial charge in [-0.1, -0.05) is 12.8 Å². The van der Waals surface area contributed by atoms with Crippen LogP contribution >= 0.6 is 11.3 Å². The monoisotopic (exact) mass is 326 g/mol. The highest BCUT2D eigenvalue weighted by Crippen LogP contribution is 2.34. The van der Waals surface area contributed by atoms with Gasteiger partial charge in [-0.25, -0.2) is 4.79 Å². The predicted molar refractivity (Wildman–Crippen MR) is 87.1 cm³/mol. The molecule has 2 heterocycles. The lowest BCUT2D eigenvalue weighted by Gasteiger charge is -2.10. The summed E-state index contributed by atoms with van der Waals surface area (Å²) in [5.74, 6) is -0.190. The van der Waals surface area contributed by atoms with E-state index in [2.05, 4.69) is 19.1 Å². The zero-order valence-electron chi connectivity index (χ0n) is 13.6. The lowest BCUT2D eigenvalue weighted by molar-refractivity contribution is -0.149. The second-order valence-corrected chi connectivity index (χ2v) is 7.11. The largest absolute Gasteiger partial charge is 0.464 e. The first-order valence-corrected chi connectivity index (χ1v) is 8.92. The molecule has 0 aromatic carbocycles. The maximum Gasteiger partial charge on any atom is 0.340 e. The Labute approximate surface area is 136 Å². The molecule has 0 amide bonds. The zero-order valence-corrected chi connectivity index (χ0v) is 14.4. The van der Waals surface area contributed by atoms with Crippen molar-refractivity contribution in [1.29, 1.82) is 0 Å². The fourth-order valence-corrected chi connectivity index (χ4v) is 3.25. The third kappa shape index (κ3) is 5.38. The summed E-state index contributed by atoms with van der Waals surface area (Å²) in [6, 6.07) is 4.26. The average Bonchev–Trinajstić information content (AvgIpc) is 3.18. The number of rotatable bonds is 11. The van der Waals surface area contributed by atoms with Gasteiger partial charge in [-0.15, -0.1) is 11.3 Å². The highest BCUT2D eigenvalue weighted by Gasteiger charge is 2.52. The van der Waals surface area contributed by atoms with E-state index in [1.54, 1.807) is 11.3 Å². The van der Waals surface area contributed by atoms with Crippen molar-refractivity contribution >= 4 is 17.3 Å². The summed E-state index contributed by atoms with van der Waals surface area (Å²) in [5.41, 5.74) is -0.608. The average molecular weight is 326 g/mol. The molecule has 0 saturated carbocycles. The van der Waals surface area contributed by atoms with Gasteiger partial charge in [0.25, 0.3) is 0 Å². The lowest BCUT2D eigenvalue weighted by atomic mass is 10.0. The van der Waals surface area contributed by atoms with Gasteiger partial charge in [-0.05, 0) is 45.2 Å². The van der Waals surface area contributed by atoms with Gasteiger partial charge in [0.1, 0.15) is 0 Å². The van der Waals surface area contributed by atoms with E-state index in [1.165, 1.54) is 9.75 Å². The summed E-state index contributed by atoms with van der Waals surface area (Å²) in [7, 11) is 0. The molecule has 1 unspecified atom stereocenters. The van der Waals surface area contributed by atoms with E-state index < -0.39 is 5.60 Å². The molecule has 0 radical (unpaired) electrons. The van der Waals surface area contributed by atoms with E-state index in [1.807, 2.05) is 6.92 Å². The summed E-state index contributed by atoms with van der Waals surface area (Å²) in [4.78, 5) is 14.3. The molecular formula is C17H26O4S. The molecule has 0 spiro atoms. The summed E-state index contributed by atoms with van der Waals surface area (Å²) in [5, 5.41) is 0. The molecule has 1 aliphatic rings. The van der Waals surface area contributed by atoms with E-state index >= 15 is 0 Å². The quantitative estimate of drug-likeness (QED) is 0.352. The molecule has 1 aromatic heterocycles. The first-order chi connectivity index (χ1) is 10.7. The Morgan fingerprint density at radius 3 is 2.73 bits per heavy atom. The van der Waals surface area contributed by atoms with Gasteiger partial charge in [0.2, 0.25) is 0 Å². The Morgan fingerprint density at radius 1 is 1.32 bits per heavy atom. The molecule has 1 saturated heterocycles. The van der Waals surface area contributed by atoms with E-state index in [0.717, 1.165) is 45.3 Å². The SMILES string of the molecule is CCOC(=O)C1(CCCCCCOCc2ccc(C)s2)CO1. The van der Waals surface area contributed by atoms with Crippen molar-refractivity contribution in [3.8, 4) is 0 Å². The summed E-state index contributed by atoms with van der Waals surface area (Å²) >= 11 is 1.79. The maximum absolute atomic E-state index is 11.7. The van der Waals surface area contributed by atoms with Crippen LogP contribution in [0.25, 0.3) is 0 Å². The minimum Gasteiger partial charge on any atom is -0.464 e. The van der Waals surface area contributed by atoms with E-state index in [9.17, 15) is 4.79 Å². The number of esters is 1. The summed E-state index contributed by atoms with van der Waals surface area (Å²) in [6.07, 6.45) is 5.08. The van der Waals surface area contributed by atoms with Gasteiger partial charge in [0, 0.05) is 16.4 Å². The Hall–Kier alpha value is -0.910. The summed E-state index contributed by atoms with van der Waals surface area (Å²) < 4.78 is 16.0. The maximum atomic E-state index is 11.7. The van der Waals surface area contributed by atoms with Crippen molar-refractivity contribution in [2.45, 2.75) is 58.2 Å². The Balaban J connectivity index is 1.45. The number of carbonyl (C=O) groups is 1. The van der Waals surface area contributed by atoms with Crippen molar-refractivity contribution in [3.63, 3.8) is 0 Å². The van der Waals surface area contributed by atoms with Gasteiger partial charge in [-0.3, -0.25) is 0 Å². The van der Waals surface area contributed by atoms with Gasteiger partial charge < -0.3 is 14.2 Å². The van der Waals surface area contributed by atoms with E-state index in [0.29, 0.717) is 13.2 Å². The van der Waals surface area contributed by atoms with Crippen LogP contribution in [0.15, 0.2) is 12.1 Å². The van der Waals surface area contributed by atoms with Crippen LogP contribution in [0, 0.1) is 6.92 Å². The van der Waals surface area contributed by atoms with Gasteiger partial charge >= 0.3 is 5.97 Å². The van der Waals surface area contributed by atoms with Crippen LogP contribution in [0.4, 0.5) is 0 Å². The van der Waals surface area contributed by atoms with Gasteiger partial charge in [0.15, 0.2) is 5.60 Å². The highest BCUT2D eigenvalue weighted by molar-refractivity contribution is 7.11. The molecule has 0 bridgehead atoms. The minimum atomic E-state index is -0.608. The number of unbranched alkanes of at least 4 members (excludes halogenated alkanes) is 3. The van der Waals surface area contributed by atoms with Crippen LogP contribution in [0.3, 0.4) is 0 Å². The number of thiophene rings is 1. The molecule has 4 nitrogen and oxygen atoms in total. The standard InChI is InChI=1S/C17H26O4S/c1-3-20-16(18)17(13-21-17)10-6-4-5-7-11-19-12-15-9-8-14(2)22-15/h8-9H,3-7,10-13H2,1-2H3. The van der Waals surface area contributed by atoms with E-state index in [4.69, 9.17) is 14.2 Å². The summed E-state index contributed by atoms with van der Waals surface area (Å²) in [6.45, 7) is 6.40. The molecule has 0 N–H and O–H groups in total. The normalized spacial score (nSPS) is 20.1. The van der Waals surface area contributed by atoms with Crippen LogP contribution in [-0.2, 0) is 25.6 Å². The molecule has 1 atom stereocenters. The van der Waals surface area contributed by atoms with Crippen molar-refractivity contribution < 1.29 is 19.0 Å². The van der Waals surface area contributed by atoms with Gasteiger partial charge in [0.05, 0.1) is 19.8 Å². The van der Waals surface area contributed by atoms with E-state index in [-0.39, 0.29) is 5.97 Å². The second kappa shape index (κ2) is 8.65. The minimum absolute atomic E-state index is 0.190. The first kappa shape index (κ1) is 17.4. The molecule has 5 heteroatoms. The number of epoxide rings is 1. The van der Waals surface area contributed by atoms with Crippen LogP contribution in [0.2, 0.25) is 0 Å². The molecule has 124 valence electrons. The van der Waals surface area contributed by atoms with Crippen molar-refractivity contribution in [3.05, 3.63) is 21.9 Å². The number of hydrogen-bond donors (Lipinski definition) is 0. The van der Waals surface area contributed by atoms with Crippen LogP contribution in [0.1, 0.15) is 48.8 Å². The predicted octanol–water partition coefficient (Wildman–Crippen LogP) is 3.86. The first-order valence-electron chi connectivity index (χ1n) is 8.10. The smallest absolute Gasteiger partial charge is 0.340 e. The van der Waals surface area contributed by atoms with Gasteiger partial charge in [-0.2, -0.15) is 0 Å². The Bertz CT molecular complexity index is 465. The number of ether oxygens (including phenoxy) is 3. The fourth-order valence-electron chi connectivity index (χ4n) is 2.42. The topological polar surface area (TPSA) is 48.1 Å².